The summed E-state index contributed by atoms with van der Waals surface area (Å²) in [6.07, 6.45) is 5.13. The molecule has 6 nitrogen and oxygen atoms in total. The molecular weight excluding hydrogens is 272 g/mol. The summed E-state index contributed by atoms with van der Waals surface area (Å²) in [4.78, 5) is 15.2. The van der Waals surface area contributed by atoms with Crippen molar-refractivity contribution in [3.05, 3.63) is 17.8 Å². The third-order valence-electron chi connectivity index (χ3n) is 4.13. The Bertz CT molecular complexity index is 512. The number of hydrogen-bond donors (Lipinski definition) is 2. The SMILES string of the molecule is O=C(O)[C@H]1CC[C@H](NCc2cnc3c(c2)OCCO3)CC1. The van der Waals surface area contributed by atoms with Crippen LogP contribution in [0.2, 0.25) is 0 Å². The first-order valence-electron chi connectivity index (χ1n) is 7.43. The Hall–Kier alpha value is -1.82. The van der Waals surface area contributed by atoms with Crippen LogP contribution in [0.15, 0.2) is 12.3 Å². The van der Waals surface area contributed by atoms with Crippen molar-refractivity contribution in [3.63, 3.8) is 0 Å². The van der Waals surface area contributed by atoms with Crippen molar-refractivity contribution in [2.45, 2.75) is 38.3 Å². The second-order valence-corrected chi connectivity index (χ2v) is 5.61. The average Bonchev–Trinajstić information content (AvgIpc) is 2.53. The molecule has 0 amide bonds. The van der Waals surface area contributed by atoms with Crippen LogP contribution in [-0.4, -0.2) is 35.3 Å². The van der Waals surface area contributed by atoms with Crippen molar-refractivity contribution >= 4 is 5.97 Å². The van der Waals surface area contributed by atoms with Gasteiger partial charge in [-0.15, -0.1) is 0 Å². The first-order chi connectivity index (χ1) is 10.2. The van der Waals surface area contributed by atoms with E-state index in [1.165, 1.54) is 0 Å². The number of carbonyl (C=O) groups is 1. The van der Waals surface area contributed by atoms with E-state index < -0.39 is 5.97 Å². The fourth-order valence-electron chi connectivity index (χ4n) is 2.88. The molecule has 1 fully saturated rings. The zero-order valence-electron chi connectivity index (χ0n) is 11.9. The summed E-state index contributed by atoms with van der Waals surface area (Å²) in [5.74, 6) is 0.436. The number of aromatic nitrogens is 1. The number of hydrogen-bond acceptors (Lipinski definition) is 5. The van der Waals surface area contributed by atoms with Crippen LogP contribution in [0.1, 0.15) is 31.2 Å². The van der Waals surface area contributed by atoms with Crippen molar-refractivity contribution in [2.24, 2.45) is 5.92 Å². The van der Waals surface area contributed by atoms with Crippen LogP contribution in [-0.2, 0) is 11.3 Å². The lowest BCUT2D eigenvalue weighted by atomic mass is 9.86. The number of carboxylic acid groups (broad SMARTS) is 1. The molecule has 2 heterocycles. The van der Waals surface area contributed by atoms with E-state index in [0.717, 1.165) is 31.2 Å². The Morgan fingerprint density at radius 3 is 2.81 bits per heavy atom. The highest BCUT2D eigenvalue weighted by Gasteiger charge is 2.25. The van der Waals surface area contributed by atoms with Gasteiger partial charge in [-0.2, -0.15) is 0 Å². The number of pyridine rings is 1. The summed E-state index contributed by atoms with van der Waals surface area (Å²) < 4.78 is 10.9. The molecule has 0 saturated heterocycles. The van der Waals surface area contributed by atoms with Gasteiger partial charge in [0.25, 0.3) is 5.88 Å². The molecule has 1 aromatic rings. The molecule has 0 aromatic carbocycles. The normalized spacial score (nSPS) is 24.6. The summed E-state index contributed by atoms with van der Waals surface area (Å²) in [5.41, 5.74) is 1.06. The van der Waals surface area contributed by atoms with Gasteiger partial charge in [0, 0.05) is 18.8 Å². The van der Waals surface area contributed by atoms with Gasteiger partial charge in [-0.3, -0.25) is 4.79 Å². The molecule has 2 N–H and O–H groups in total. The topological polar surface area (TPSA) is 80.7 Å². The third kappa shape index (κ3) is 3.44. The predicted octanol–water partition coefficient (Wildman–Crippen LogP) is 1.59. The minimum Gasteiger partial charge on any atom is -0.484 e. The number of carboxylic acids is 1. The van der Waals surface area contributed by atoms with Crippen LogP contribution >= 0.6 is 0 Å². The monoisotopic (exact) mass is 292 g/mol. The Balaban J connectivity index is 1.50. The van der Waals surface area contributed by atoms with Gasteiger partial charge in [-0.1, -0.05) is 0 Å². The molecule has 6 heteroatoms. The fraction of sp³-hybridized carbons (Fsp3) is 0.600. The highest BCUT2D eigenvalue weighted by molar-refractivity contribution is 5.70. The van der Waals surface area contributed by atoms with Gasteiger partial charge in [0.1, 0.15) is 13.2 Å². The maximum absolute atomic E-state index is 10.9. The highest BCUT2D eigenvalue weighted by atomic mass is 16.6. The average molecular weight is 292 g/mol. The summed E-state index contributed by atoms with van der Waals surface area (Å²) in [6, 6.07) is 2.34. The quantitative estimate of drug-likeness (QED) is 0.877. The molecule has 3 rings (SSSR count). The van der Waals surface area contributed by atoms with Crippen molar-refractivity contribution in [1.29, 1.82) is 0 Å². The van der Waals surface area contributed by atoms with Crippen LogP contribution in [0.25, 0.3) is 0 Å². The molecule has 21 heavy (non-hydrogen) atoms. The number of aliphatic carboxylic acids is 1. The zero-order chi connectivity index (χ0) is 14.7. The number of ether oxygens (including phenoxy) is 2. The number of fused-ring (bicyclic) bond motifs is 1. The molecule has 0 bridgehead atoms. The van der Waals surface area contributed by atoms with E-state index in [9.17, 15) is 4.79 Å². The van der Waals surface area contributed by atoms with Crippen LogP contribution in [0.4, 0.5) is 0 Å². The molecule has 114 valence electrons. The van der Waals surface area contributed by atoms with E-state index in [1.807, 2.05) is 6.07 Å². The maximum atomic E-state index is 10.9. The third-order valence-corrected chi connectivity index (χ3v) is 4.13. The lowest BCUT2D eigenvalue weighted by molar-refractivity contribution is -0.142. The van der Waals surface area contributed by atoms with E-state index in [0.29, 0.717) is 37.4 Å². The van der Waals surface area contributed by atoms with E-state index >= 15 is 0 Å². The zero-order valence-corrected chi connectivity index (χ0v) is 11.9. The summed E-state index contributed by atoms with van der Waals surface area (Å²) in [7, 11) is 0. The molecule has 0 radical (unpaired) electrons. The van der Waals surface area contributed by atoms with Crippen molar-refractivity contribution < 1.29 is 19.4 Å². The lowest BCUT2D eigenvalue weighted by Crippen LogP contribution is -2.34. The highest BCUT2D eigenvalue weighted by Crippen LogP contribution is 2.28. The van der Waals surface area contributed by atoms with E-state index in [1.54, 1.807) is 6.20 Å². The van der Waals surface area contributed by atoms with E-state index in [2.05, 4.69) is 10.3 Å². The molecule has 1 aliphatic heterocycles. The molecule has 1 saturated carbocycles. The molecule has 1 aromatic heterocycles. The number of nitrogens with zero attached hydrogens (tertiary/aromatic N) is 1. The van der Waals surface area contributed by atoms with E-state index in [-0.39, 0.29) is 5.92 Å². The number of nitrogens with one attached hydrogen (secondary N) is 1. The molecule has 0 unspecified atom stereocenters. The molecule has 0 atom stereocenters. The minimum atomic E-state index is -0.663. The first kappa shape index (κ1) is 14.1. The fourth-order valence-corrected chi connectivity index (χ4v) is 2.88. The van der Waals surface area contributed by atoms with Gasteiger partial charge in [0.15, 0.2) is 5.75 Å². The summed E-state index contributed by atoms with van der Waals surface area (Å²) in [5, 5.41) is 12.5. The van der Waals surface area contributed by atoms with Gasteiger partial charge in [0.2, 0.25) is 0 Å². The molecule has 2 aliphatic rings. The summed E-state index contributed by atoms with van der Waals surface area (Å²) in [6.45, 7) is 1.82. The molecular formula is C15H20N2O4. The van der Waals surface area contributed by atoms with Crippen molar-refractivity contribution in [2.75, 3.05) is 13.2 Å². The van der Waals surface area contributed by atoms with Crippen LogP contribution < -0.4 is 14.8 Å². The Morgan fingerprint density at radius 2 is 2.05 bits per heavy atom. The van der Waals surface area contributed by atoms with Crippen molar-refractivity contribution in [1.82, 2.24) is 10.3 Å². The second-order valence-electron chi connectivity index (χ2n) is 5.61. The van der Waals surface area contributed by atoms with Gasteiger partial charge in [0.05, 0.1) is 5.92 Å². The molecule has 0 spiro atoms. The molecule has 1 aliphatic carbocycles. The lowest BCUT2D eigenvalue weighted by Gasteiger charge is -2.27. The van der Waals surface area contributed by atoms with Gasteiger partial charge < -0.3 is 19.9 Å². The smallest absolute Gasteiger partial charge is 0.306 e. The number of rotatable bonds is 4. The van der Waals surface area contributed by atoms with Crippen LogP contribution in [0, 0.1) is 5.92 Å². The van der Waals surface area contributed by atoms with Crippen LogP contribution in [0.3, 0.4) is 0 Å². The predicted molar refractivity (Wildman–Crippen MR) is 75.4 cm³/mol. The van der Waals surface area contributed by atoms with E-state index in [4.69, 9.17) is 14.6 Å². The van der Waals surface area contributed by atoms with Gasteiger partial charge >= 0.3 is 5.97 Å². The van der Waals surface area contributed by atoms with Gasteiger partial charge in [-0.05, 0) is 37.3 Å². The second kappa shape index (κ2) is 6.30. The first-order valence-corrected chi connectivity index (χ1v) is 7.43. The Morgan fingerprint density at radius 1 is 1.29 bits per heavy atom. The largest absolute Gasteiger partial charge is 0.484 e. The maximum Gasteiger partial charge on any atom is 0.306 e. The Labute approximate surface area is 123 Å². The van der Waals surface area contributed by atoms with Crippen LogP contribution in [0.5, 0.6) is 11.6 Å². The summed E-state index contributed by atoms with van der Waals surface area (Å²) >= 11 is 0. The Kier molecular flexibility index (Phi) is 4.24. The minimum absolute atomic E-state index is 0.168. The van der Waals surface area contributed by atoms with Crippen molar-refractivity contribution in [3.8, 4) is 11.6 Å². The van der Waals surface area contributed by atoms with Gasteiger partial charge in [-0.25, -0.2) is 4.98 Å². The standard InChI is InChI=1S/C15H20N2O4/c18-15(19)11-1-3-12(4-2-11)16-8-10-7-13-14(17-9-10)21-6-5-20-13/h7,9,11-12,16H,1-6,8H2,(H,18,19)/t11-,12-.